The summed E-state index contributed by atoms with van der Waals surface area (Å²) in [5.74, 6) is 0.127. The average Bonchev–Trinajstić information content (AvgIpc) is 2.77. The highest BCUT2D eigenvalue weighted by molar-refractivity contribution is 5.96. The van der Waals surface area contributed by atoms with Gasteiger partial charge in [0.05, 0.1) is 7.05 Å². The third-order valence-electron chi connectivity index (χ3n) is 3.29. The predicted molar refractivity (Wildman–Crippen MR) is 73.9 cm³/mol. The Hall–Kier alpha value is -2.42. The summed E-state index contributed by atoms with van der Waals surface area (Å²) in [6.45, 7) is 0.366. The summed E-state index contributed by atoms with van der Waals surface area (Å²) in [5.41, 5.74) is 2.96. The normalized spacial score (nSPS) is 10.8. The van der Waals surface area contributed by atoms with Crippen LogP contribution in [0.5, 0.6) is 0 Å². The monoisotopic (exact) mass is 251 g/mol. The number of carbonyl (C=O) groups is 1. The molecule has 0 amide bonds. The van der Waals surface area contributed by atoms with Crippen molar-refractivity contribution in [3.8, 4) is 0 Å². The first-order chi connectivity index (χ1) is 9.25. The predicted octanol–water partition coefficient (Wildman–Crippen LogP) is 2.35. The van der Waals surface area contributed by atoms with Gasteiger partial charge in [-0.2, -0.15) is 0 Å². The van der Waals surface area contributed by atoms with Gasteiger partial charge in [0.1, 0.15) is 0 Å². The second-order valence-corrected chi connectivity index (χ2v) is 4.63. The van der Waals surface area contributed by atoms with Crippen LogP contribution in [0.2, 0.25) is 0 Å². The number of benzene rings is 2. The van der Waals surface area contributed by atoms with Gasteiger partial charge in [0, 0.05) is 5.56 Å². The second kappa shape index (κ2) is 4.69. The Kier molecular flexibility index (Phi) is 2.88. The number of hydrogen-bond donors (Lipinski definition) is 0. The number of carbonyl (C=O) groups excluding carboxylic acids is 1. The summed E-state index contributed by atoms with van der Waals surface area (Å²) in [6.07, 6.45) is 1.96. The number of ketones is 1. The minimum Gasteiger partial charge on any atom is -0.290 e. The average molecular weight is 251 g/mol. The van der Waals surface area contributed by atoms with E-state index in [1.807, 2.05) is 71.0 Å². The Morgan fingerprint density at radius 2 is 1.74 bits per heavy atom. The quantitative estimate of drug-likeness (QED) is 0.518. The second-order valence-electron chi connectivity index (χ2n) is 4.63. The molecule has 0 aliphatic carbocycles. The van der Waals surface area contributed by atoms with E-state index in [1.165, 1.54) is 0 Å². The summed E-state index contributed by atoms with van der Waals surface area (Å²) in [5, 5.41) is 0. The van der Waals surface area contributed by atoms with Crippen molar-refractivity contribution >= 4 is 16.8 Å². The van der Waals surface area contributed by atoms with E-state index >= 15 is 0 Å². The van der Waals surface area contributed by atoms with Gasteiger partial charge >= 0.3 is 0 Å². The van der Waals surface area contributed by atoms with Gasteiger partial charge in [-0.3, -0.25) is 4.79 Å². The van der Waals surface area contributed by atoms with E-state index in [0.717, 1.165) is 16.6 Å². The molecule has 3 rings (SSSR count). The molecule has 0 bridgehead atoms. The van der Waals surface area contributed by atoms with Crippen LogP contribution < -0.4 is 4.57 Å². The van der Waals surface area contributed by atoms with Crippen LogP contribution in [0.15, 0.2) is 60.9 Å². The molecule has 0 fully saturated rings. The lowest BCUT2D eigenvalue weighted by molar-refractivity contribution is -0.645. The fourth-order valence-electron chi connectivity index (χ4n) is 2.33. The summed E-state index contributed by atoms with van der Waals surface area (Å²) in [4.78, 5) is 12.2. The molecule has 0 saturated carbocycles. The van der Waals surface area contributed by atoms with Crippen LogP contribution in [-0.4, -0.2) is 10.4 Å². The lowest BCUT2D eigenvalue weighted by atomic mass is 10.1. The Bertz CT molecular complexity index is 729. The summed E-state index contributed by atoms with van der Waals surface area (Å²) in [7, 11) is 1.99. The van der Waals surface area contributed by atoms with Crippen LogP contribution in [-0.2, 0) is 13.6 Å². The highest BCUT2D eigenvalue weighted by atomic mass is 16.1. The Balaban J connectivity index is 1.96. The van der Waals surface area contributed by atoms with Crippen molar-refractivity contribution in [2.45, 2.75) is 6.54 Å². The number of Topliss-reactive ketones (excluding diaryl/α,β-unsaturated/α-hetero) is 1. The fourth-order valence-corrected chi connectivity index (χ4v) is 2.33. The number of para-hydroxylation sites is 2. The molecule has 19 heavy (non-hydrogen) atoms. The molecule has 0 atom stereocenters. The molecule has 0 spiro atoms. The lowest BCUT2D eigenvalue weighted by Gasteiger charge is -1.98. The fraction of sp³-hybridized carbons (Fsp3) is 0.125. The molecule has 3 nitrogen and oxygen atoms in total. The molecule has 2 aromatic carbocycles. The number of rotatable bonds is 3. The van der Waals surface area contributed by atoms with Gasteiger partial charge in [-0.05, 0) is 12.1 Å². The molecule has 0 N–H and O–H groups in total. The van der Waals surface area contributed by atoms with Crippen molar-refractivity contribution in [3.63, 3.8) is 0 Å². The van der Waals surface area contributed by atoms with Gasteiger partial charge in [-0.25, -0.2) is 9.13 Å². The van der Waals surface area contributed by atoms with Gasteiger partial charge in [-0.1, -0.05) is 42.5 Å². The molecule has 0 radical (unpaired) electrons. The summed E-state index contributed by atoms with van der Waals surface area (Å²) in [6, 6.07) is 17.5. The van der Waals surface area contributed by atoms with E-state index < -0.39 is 0 Å². The Morgan fingerprint density at radius 3 is 2.53 bits per heavy atom. The molecule has 1 heterocycles. The van der Waals surface area contributed by atoms with Crippen LogP contribution in [0.4, 0.5) is 0 Å². The smallest absolute Gasteiger partial charge is 0.244 e. The number of fused-ring (bicyclic) bond motifs is 1. The van der Waals surface area contributed by atoms with E-state index in [-0.39, 0.29) is 5.78 Å². The third-order valence-corrected chi connectivity index (χ3v) is 3.29. The molecule has 94 valence electrons. The highest BCUT2D eigenvalue weighted by Gasteiger charge is 2.16. The Labute approximate surface area is 111 Å². The largest absolute Gasteiger partial charge is 0.290 e. The standard InChI is InChI=1S/C16H15N2O/c1-17-12-18(15-10-6-5-9-14(15)17)11-16(19)13-7-3-2-4-8-13/h2-10,12H,11H2,1H3/q+1. The number of imidazole rings is 1. The minimum absolute atomic E-state index is 0.127. The molecule has 0 unspecified atom stereocenters. The van der Waals surface area contributed by atoms with Crippen molar-refractivity contribution in [2.75, 3.05) is 0 Å². The van der Waals surface area contributed by atoms with Crippen LogP contribution in [0, 0.1) is 0 Å². The summed E-state index contributed by atoms with van der Waals surface area (Å²) >= 11 is 0. The van der Waals surface area contributed by atoms with Crippen molar-refractivity contribution in [2.24, 2.45) is 7.05 Å². The van der Waals surface area contributed by atoms with E-state index in [4.69, 9.17) is 0 Å². The number of aromatic nitrogens is 2. The molecule has 0 aliphatic rings. The molecule has 0 aliphatic heterocycles. The maximum Gasteiger partial charge on any atom is 0.244 e. The maximum atomic E-state index is 12.2. The minimum atomic E-state index is 0.127. The van der Waals surface area contributed by atoms with Crippen molar-refractivity contribution in [1.29, 1.82) is 0 Å². The molecule has 3 aromatic rings. The van der Waals surface area contributed by atoms with Crippen LogP contribution in [0.3, 0.4) is 0 Å². The van der Waals surface area contributed by atoms with Crippen LogP contribution in [0.1, 0.15) is 10.4 Å². The van der Waals surface area contributed by atoms with Crippen molar-refractivity contribution in [3.05, 3.63) is 66.5 Å². The van der Waals surface area contributed by atoms with E-state index in [1.54, 1.807) is 0 Å². The van der Waals surface area contributed by atoms with Gasteiger partial charge < -0.3 is 0 Å². The summed E-state index contributed by atoms with van der Waals surface area (Å²) < 4.78 is 4.03. The van der Waals surface area contributed by atoms with Crippen molar-refractivity contribution in [1.82, 2.24) is 4.57 Å². The lowest BCUT2D eigenvalue weighted by Crippen LogP contribution is -2.25. The number of hydrogen-bond acceptors (Lipinski definition) is 1. The number of nitrogens with zero attached hydrogens (tertiary/aromatic N) is 2. The Morgan fingerprint density at radius 1 is 1.05 bits per heavy atom. The zero-order valence-electron chi connectivity index (χ0n) is 10.8. The van der Waals surface area contributed by atoms with Gasteiger partial charge in [0.25, 0.3) is 0 Å². The van der Waals surface area contributed by atoms with Crippen molar-refractivity contribution < 1.29 is 9.36 Å². The molecule has 3 heteroatoms. The van der Waals surface area contributed by atoms with Crippen LogP contribution in [0.25, 0.3) is 11.0 Å². The molecular weight excluding hydrogens is 236 g/mol. The van der Waals surface area contributed by atoms with E-state index in [2.05, 4.69) is 6.07 Å². The molecule has 1 aromatic heterocycles. The SMILES string of the molecule is C[n+]1cn(CC(=O)c2ccccc2)c2ccccc21. The van der Waals surface area contributed by atoms with Gasteiger partial charge in [0.15, 0.2) is 17.6 Å². The topological polar surface area (TPSA) is 25.9 Å². The maximum absolute atomic E-state index is 12.2. The highest BCUT2D eigenvalue weighted by Crippen LogP contribution is 2.11. The third kappa shape index (κ3) is 2.15. The zero-order valence-corrected chi connectivity index (χ0v) is 10.8. The first-order valence-electron chi connectivity index (χ1n) is 6.27. The first-order valence-corrected chi connectivity index (χ1v) is 6.27. The van der Waals surface area contributed by atoms with Crippen LogP contribution >= 0.6 is 0 Å². The molecule has 0 saturated heterocycles. The van der Waals surface area contributed by atoms with E-state index in [0.29, 0.717) is 6.54 Å². The first kappa shape index (κ1) is 11.7. The van der Waals surface area contributed by atoms with E-state index in [9.17, 15) is 4.79 Å². The molecular formula is C16H15N2O+. The number of aryl methyl sites for hydroxylation is 1. The van der Waals surface area contributed by atoms with Gasteiger partial charge in [-0.15, -0.1) is 0 Å². The van der Waals surface area contributed by atoms with Gasteiger partial charge in [0.2, 0.25) is 12.1 Å². The zero-order chi connectivity index (χ0) is 13.2.